The Morgan fingerprint density at radius 1 is 1.26 bits per heavy atom. The van der Waals surface area contributed by atoms with Gasteiger partial charge in [-0.3, -0.25) is 0 Å². The molecule has 0 aliphatic heterocycles. The second-order valence-corrected chi connectivity index (χ2v) is 6.41. The molecule has 126 valence electrons. The number of aromatic nitrogens is 2. The van der Waals surface area contributed by atoms with Gasteiger partial charge in [0.2, 0.25) is 0 Å². The van der Waals surface area contributed by atoms with E-state index in [1.165, 1.54) is 25.7 Å². The minimum atomic E-state index is 0.713. The van der Waals surface area contributed by atoms with E-state index in [1.54, 1.807) is 0 Å². The van der Waals surface area contributed by atoms with Gasteiger partial charge in [0.15, 0.2) is 5.11 Å². The molecule has 0 fully saturated rings. The van der Waals surface area contributed by atoms with Crippen LogP contribution in [-0.4, -0.2) is 28.2 Å². The lowest BCUT2D eigenvalue weighted by molar-refractivity contribution is 0.445. The Kier molecular flexibility index (Phi) is 7.33. The molecule has 1 aromatic carbocycles. The fourth-order valence-electron chi connectivity index (χ4n) is 2.66. The third-order valence-electron chi connectivity index (χ3n) is 4.18. The summed E-state index contributed by atoms with van der Waals surface area (Å²) in [6.45, 7) is 6.24. The van der Waals surface area contributed by atoms with Gasteiger partial charge in [0.1, 0.15) is 5.82 Å². The zero-order valence-corrected chi connectivity index (χ0v) is 15.0. The summed E-state index contributed by atoms with van der Waals surface area (Å²) in [5.41, 5.74) is 2.11. The number of fused-ring (bicyclic) bond motifs is 1. The number of para-hydroxylation sites is 2. The van der Waals surface area contributed by atoms with Gasteiger partial charge >= 0.3 is 0 Å². The summed E-state index contributed by atoms with van der Waals surface area (Å²) in [4.78, 5) is 7.91. The van der Waals surface area contributed by atoms with Crippen LogP contribution in [0.15, 0.2) is 24.3 Å². The standard InChI is InChI=1S/C18H28N4S/c1-3-5-8-14(4-2)13-20-18(23)19-12-11-17-21-15-9-6-7-10-16(15)22-17/h6-7,9-10,14H,3-5,8,11-13H2,1-2H3,(H,21,22)(H2,19,20,23)/t14-/m1/s1. The molecule has 4 nitrogen and oxygen atoms in total. The third kappa shape index (κ3) is 5.82. The number of H-pyrrole nitrogens is 1. The van der Waals surface area contributed by atoms with E-state index in [0.717, 1.165) is 41.5 Å². The molecule has 1 heterocycles. The van der Waals surface area contributed by atoms with Crippen molar-refractivity contribution >= 4 is 28.4 Å². The van der Waals surface area contributed by atoms with E-state index >= 15 is 0 Å². The fourth-order valence-corrected chi connectivity index (χ4v) is 2.85. The summed E-state index contributed by atoms with van der Waals surface area (Å²) >= 11 is 5.36. The molecule has 1 atom stereocenters. The highest BCUT2D eigenvalue weighted by Gasteiger charge is 2.07. The summed E-state index contributed by atoms with van der Waals surface area (Å²) in [7, 11) is 0. The summed E-state index contributed by atoms with van der Waals surface area (Å²) in [6.07, 6.45) is 5.88. The molecule has 0 aliphatic rings. The minimum Gasteiger partial charge on any atom is -0.362 e. The monoisotopic (exact) mass is 332 g/mol. The predicted molar refractivity (Wildman–Crippen MR) is 102 cm³/mol. The van der Waals surface area contributed by atoms with E-state index in [4.69, 9.17) is 12.2 Å². The molecule has 5 heteroatoms. The van der Waals surface area contributed by atoms with Crippen LogP contribution >= 0.6 is 12.2 Å². The fraction of sp³-hybridized carbons (Fsp3) is 0.556. The number of imidazole rings is 1. The number of aromatic amines is 1. The number of unbranched alkanes of at least 4 members (excludes halogenated alkanes) is 1. The van der Waals surface area contributed by atoms with Crippen LogP contribution in [0.1, 0.15) is 45.4 Å². The van der Waals surface area contributed by atoms with E-state index in [2.05, 4.69) is 34.4 Å². The van der Waals surface area contributed by atoms with Crippen molar-refractivity contribution in [1.29, 1.82) is 0 Å². The van der Waals surface area contributed by atoms with E-state index in [0.29, 0.717) is 5.92 Å². The van der Waals surface area contributed by atoms with Gasteiger partial charge in [-0.15, -0.1) is 0 Å². The van der Waals surface area contributed by atoms with Crippen LogP contribution in [0.5, 0.6) is 0 Å². The third-order valence-corrected chi connectivity index (χ3v) is 4.47. The van der Waals surface area contributed by atoms with Crippen molar-refractivity contribution in [2.75, 3.05) is 13.1 Å². The second-order valence-electron chi connectivity index (χ2n) is 6.00. The van der Waals surface area contributed by atoms with Crippen LogP contribution < -0.4 is 10.6 Å². The van der Waals surface area contributed by atoms with Crippen LogP contribution in [0, 0.1) is 5.92 Å². The Balaban J connectivity index is 1.68. The van der Waals surface area contributed by atoms with Gasteiger partial charge in [0.05, 0.1) is 11.0 Å². The number of rotatable bonds is 9. The van der Waals surface area contributed by atoms with Gasteiger partial charge in [-0.05, 0) is 36.7 Å². The summed E-state index contributed by atoms with van der Waals surface area (Å²) in [5, 5.41) is 7.36. The topological polar surface area (TPSA) is 52.7 Å². The number of hydrogen-bond donors (Lipinski definition) is 3. The van der Waals surface area contributed by atoms with Crippen LogP contribution in [0.25, 0.3) is 11.0 Å². The van der Waals surface area contributed by atoms with Gasteiger partial charge < -0.3 is 15.6 Å². The Bertz CT molecular complexity index is 575. The van der Waals surface area contributed by atoms with E-state index in [9.17, 15) is 0 Å². The van der Waals surface area contributed by atoms with Crippen molar-refractivity contribution in [2.45, 2.75) is 46.0 Å². The van der Waals surface area contributed by atoms with Crippen LogP contribution in [0.3, 0.4) is 0 Å². The van der Waals surface area contributed by atoms with Crippen molar-refractivity contribution in [3.8, 4) is 0 Å². The lowest BCUT2D eigenvalue weighted by Crippen LogP contribution is -2.38. The highest BCUT2D eigenvalue weighted by Crippen LogP contribution is 2.11. The smallest absolute Gasteiger partial charge is 0.166 e. The van der Waals surface area contributed by atoms with Gasteiger partial charge in [-0.25, -0.2) is 4.98 Å². The summed E-state index contributed by atoms with van der Waals surface area (Å²) in [5.74, 6) is 1.71. The maximum absolute atomic E-state index is 5.36. The van der Waals surface area contributed by atoms with Crippen molar-refractivity contribution in [3.63, 3.8) is 0 Å². The van der Waals surface area contributed by atoms with Gasteiger partial charge in [0, 0.05) is 19.5 Å². The van der Waals surface area contributed by atoms with Crippen molar-refractivity contribution in [1.82, 2.24) is 20.6 Å². The van der Waals surface area contributed by atoms with Crippen molar-refractivity contribution in [3.05, 3.63) is 30.1 Å². The number of thiocarbonyl (C=S) groups is 1. The first-order valence-corrected chi connectivity index (χ1v) is 9.09. The van der Waals surface area contributed by atoms with Gasteiger partial charge in [0.25, 0.3) is 0 Å². The number of nitrogens with one attached hydrogen (secondary N) is 3. The first-order chi connectivity index (χ1) is 11.2. The van der Waals surface area contributed by atoms with E-state index in [-0.39, 0.29) is 0 Å². The molecule has 0 unspecified atom stereocenters. The predicted octanol–water partition coefficient (Wildman–Crippen LogP) is 3.79. The van der Waals surface area contributed by atoms with Crippen LogP contribution in [0.2, 0.25) is 0 Å². The Morgan fingerprint density at radius 2 is 2.09 bits per heavy atom. The Labute approximate surface area is 144 Å². The maximum atomic E-state index is 5.36. The van der Waals surface area contributed by atoms with Crippen molar-refractivity contribution in [2.24, 2.45) is 5.92 Å². The van der Waals surface area contributed by atoms with E-state index in [1.807, 2.05) is 24.3 Å². The maximum Gasteiger partial charge on any atom is 0.166 e. The average Bonchev–Trinajstić information content (AvgIpc) is 2.97. The molecule has 2 aromatic rings. The zero-order chi connectivity index (χ0) is 16.5. The molecule has 0 saturated heterocycles. The van der Waals surface area contributed by atoms with Gasteiger partial charge in [-0.1, -0.05) is 45.2 Å². The van der Waals surface area contributed by atoms with Gasteiger partial charge in [-0.2, -0.15) is 0 Å². The molecule has 0 bridgehead atoms. The molecule has 1 aromatic heterocycles. The first kappa shape index (κ1) is 17.7. The Hall–Kier alpha value is -1.62. The molecule has 0 spiro atoms. The lowest BCUT2D eigenvalue weighted by atomic mass is 9.99. The first-order valence-electron chi connectivity index (χ1n) is 8.68. The molecule has 0 amide bonds. The molecular formula is C18H28N4S. The quantitative estimate of drug-likeness (QED) is 0.612. The second kappa shape index (κ2) is 9.50. The molecule has 0 aliphatic carbocycles. The number of benzene rings is 1. The SMILES string of the molecule is CCCC[C@@H](CC)CNC(=S)NCCc1nc2ccccc2[nH]1. The molecular weight excluding hydrogens is 304 g/mol. The largest absolute Gasteiger partial charge is 0.362 e. The highest BCUT2D eigenvalue weighted by atomic mass is 32.1. The Morgan fingerprint density at radius 3 is 2.83 bits per heavy atom. The number of nitrogens with zero attached hydrogens (tertiary/aromatic N) is 1. The number of hydrogen-bond acceptors (Lipinski definition) is 2. The summed E-state index contributed by atoms with van der Waals surface area (Å²) < 4.78 is 0. The van der Waals surface area contributed by atoms with Crippen LogP contribution in [-0.2, 0) is 6.42 Å². The minimum absolute atomic E-state index is 0.713. The average molecular weight is 333 g/mol. The summed E-state index contributed by atoms with van der Waals surface area (Å²) in [6, 6.07) is 8.10. The molecule has 3 N–H and O–H groups in total. The highest BCUT2D eigenvalue weighted by molar-refractivity contribution is 7.80. The molecule has 23 heavy (non-hydrogen) atoms. The normalized spacial score (nSPS) is 12.3. The van der Waals surface area contributed by atoms with Crippen molar-refractivity contribution < 1.29 is 0 Å². The van der Waals surface area contributed by atoms with E-state index < -0.39 is 0 Å². The van der Waals surface area contributed by atoms with Crippen LogP contribution in [0.4, 0.5) is 0 Å². The molecule has 0 radical (unpaired) electrons. The zero-order valence-electron chi connectivity index (χ0n) is 14.2. The molecule has 2 rings (SSSR count). The lowest BCUT2D eigenvalue weighted by Gasteiger charge is -2.17. The molecule has 0 saturated carbocycles.